The molecule has 3 heteroatoms. The van der Waals surface area contributed by atoms with Crippen molar-refractivity contribution in [3.63, 3.8) is 0 Å². The Morgan fingerprint density at radius 3 is 2.89 bits per heavy atom. The summed E-state index contributed by atoms with van der Waals surface area (Å²) in [5.74, 6) is 2.02. The largest absolute Gasteiger partial charge is 0.327 e. The first-order valence-electron chi connectivity index (χ1n) is 6.97. The van der Waals surface area contributed by atoms with Crippen molar-refractivity contribution < 1.29 is 0 Å². The third kappa shape index (κ3) is 2.15. The predicted octanol–water partition coefficient (Wildman–Crippen LogP) is 2.94. The molecule has 2 aromatic rings. The summed E-state index contributed by atoms with van der Waals surface area (Å²) in [5, 5.41) is 3.60. The molecule has 1 aromatic carbocycles. The summed E-state index contributed by atoms with van der Waals surface area (Å²) in [6, 6.07) is 9.13. The number of aromatic nitrogens is 2. The normalized spacial score (nSPS) is 22.6. The fourth-order valence-corrected chi connectivity index (χ4v) is 2.56. The van der Waals surface area contributed by atoms with Crippen LogP contribution in [0, 0.1) is 5.92 Å². The minimum absolute atomic E-state index is 0.708. The van der Waals surface area contributed by atoms with Crippen molar-refractivity contribution in [2.45, 2.75) is 45.8 Å². The van der Waals surface area contributed by atoms with Crippen LogP contribution in [0.5, 0.6) is 0 Å². The topological polar surface area (TPSA) is 29.9 Å². The molecular weight excluding hydrogens is 222 g/mol. The number of fused-ring (bicyclic) bond motifs is 1. The van der Waals surface area contributed by atoms with Gasteiger partial charge in [0.15, 0.2) is 0 Å². The van der Waals surface area contributed by atoms with Gasteiger partial charge in [-0.15, -0.1) is 0 Å². The van der Waals surface area contributed by atoms with Gasteiger partial charge in [-0.3, -0.25) is 0 Å². The van der Waals surface area contributed by atoms with E-state index in [1.807, 2.05) is 0 Å². The highest BCUT2D eigenvalue weighted by Crippen LogP contribution is 2.29. The lowest BCUT2D eigenvalue weighted by Crippen LogP contribution is -2.20. The van der Waals surface area contributed by atoms with Gasteiger partial charge in [-0.25, -0.2) is 4.98 Å². The Morgan fingerprint density at radius 1 is 1.39 bits per heavy atom. The van der Waals surface area contributed by atoms with Crippen molar-refractivity contribution in [1.29, 1.82) is 0 Å². The number of nitrogens with zero attached hydrogens (tertiary/aromatic N) is 2. The van der Waals surface area contributed by atoms with E-state index in [9.17, 15) is 0 Å². The summed E-state index contributed by atoms with van der Waals surface area (Å²) >= 11 is 0. The fourth-order valence-electron chi connectivity index (χ4n) is 2.56. The number of benzene rings is 1. The third-order valence-corrected chi connectivity index (χ3v) is 3.81. The van der Waals surface area contributed by atoms with Gasteiger partial charge >= 0.3 is 0 Å². The monoisotopic (exact) mass is 243 g/mol. The van der Waals surface area contributed by atoms with Crippen molar-refractivity contribution in [2.75, 3.05) is 0 Å². The van der Waals surface area contributed by atoms with Crippen LogP contribution in [-0.2, 0) is 13.1 Å². The Kier molecular flexibility index (Phi) is 3.08. The van der Waals surface area contributed by atoms with E-state index in [4.69, 9.17) is 4.98 Å². The number of hydrogen-bond acceptors (Lipinski definition) is 2. The highest BCUT2D eigenvalue weighted by Gasteiger charge is 2.32. The average Bonchev–Trinajstić information content (AvgIpc) is 2.97. The molecule has 0 aliphatic heterocycles. The molecule has 1 saturated carbocycles. The molecule has 1 N–H and O–H groups in total. The van der Waals surface area contributed by atoms with Gasteiger partial charge < -0.3 is 9.88 Å². The van der Waals surface area contributed by atoms with Crippen molar-refractivity contribution in [2.24, 2.45) is 5.92 Å². The number of nitrogens with one attached hydrogen (secondary N) is 1. The molecule has 2 unspecified atom stereocenters. The molecule has 1 fully saturated rings. The maximum atomic E-state index is 4.76. The maximum Gasteiger partial charge on any atom is 0.123 e. The zero-order valence-electron chi connectivity index (χ0n) is 11.2. The summed E-state index contributed by atoms with van der Waals surface area (Å²) in [6.45, 7) is 6.46. The van der Waals surface area contributed by atoms with Gasteiger partial charge in [-0.1, -0.05) is 26.0 Å². The number of hydrogen-bond donors (Lipinski definition) is 1. The van der Waals surface area contributed by atoms with Crippen molar-refractivity contribution in [3.8, 4) is 0 Å². The van der Waals surface area contributed by atoms with Gasteiger partial charge in [0.1, 0.15) is 5.82 Å². The Hall–Kier alpha value is -1.35. The summed E-state index contributed by atoms with van der Waals surface area (Å²) in [7, 11) is 0. The molecule has 96 valence electrons. The molecule has 1 aliphatic carbocycles. The summed E-state index contributed by atoms with van der Waals surface area (Å²) < 4.78 is 2.36. The van der Waals surface area contributed by atoms with Crippen LogP contribution >= 0.6 is 0 Å². The number of rotatable bonds is 5. The second-order valence-electron chi connectivity index (χ2n) is 5.37. The second kappa shape index (κ2) is 4.73. The molecule has 2 atom stereocenters. The lowest BCUT2D eigenvalue weighted by molar-refractivity contribution is 0.583. The van der Waals surface area contributed by atoms with Gasteiger partial charge in [0.25, 0.3) is 0 Å². The molecular formula is C15H21N3. The second-order valence-corrected chi connectivity index (χ2v) is 5.37. The van der Waals surface area contributed by atoms with Crippen LogP contribution in [0.4, 0.5) is 0 Å². The quantitative estimate of drug-likeness (QED) is 0.875. The summed E-state index contributed by atoms with van der Waals surface area (Å²) in [5.41, 5.74) is 2.38. The molecule has 3 rings (SSSR count). The minimum Gasteiger partial charge on any atom is -0.327 e. The molecule has 1 heterocycles. The van der Waals surface area contributed by atoms with Crippen LogP contribution in [-0.4, -0.2) is 15.6 Å². The summed E-state index contributed by atoms with van der Waals surface area (Å²) in [6.07, 6.45) is 2.46. The van der Waals surface area contributed by atoms with Crippen molar-refractivity contribution in [1.82, 2.24) is 14.9 Å². The van der Waals surface area contributed by atoms with E-state index < -0.39 is 0 Å². The van der Waals surface area contributed by atoms with E-state index in [0.717, 1.165) is 30.9 Å². The van der Waals surface area contributed by atoms with Gasteiger partial charge in [-0.05, 0) is 30.9 Å². The Balaban J connectivity index is 1.86. The van der Waals surface area contributed by atoms with Gasteiger partial charge in [0, 0.05) is 12.6 Å². The molecule has 0 spiro atoms. The Morgan fingerprint density at radius 2 is 2.17 bits per heavy atom. The third-order valence-electron chi connectivity index (χ3n) is 3.81. The van der Waals surface area contributed by atoms with Crippen LogP contribution in [0.1, 0.15) is 32.5 Å². The van der Waals surface area contributed by atoms with E-state index in [1.54, 1.807) is 0 Å². The molecule has 0 amide bonds. The molecule has 0 saturated heterocycles. The molecule has 3 nitrogen and oxygen atoms in total. The van der Waals surface area contributed by atoms with Gasteiger partial charge in [0.2, 0.25) is 0 Å². The molecule has 0 radical (unpaired) electrons. The highest BCUT2D eigenvalue weighted by atomic mass is 15.1. The molecule has 1 aliphatic rings. The van der Waals surface area contributed by atoms with E-state index in [1.165, 1.54) is 17.8 Å². The van der Waals surface area contributed by atoms with E-state index in [-0.39, 0.29) is 0 Å². The maximum absolute atomic E-state index is 4.76. The highest BCUT2D eigenvalue weighted by molar-refractivity contribution is 5.75. The molecule has 1 aromatic heterocycles. The van der Waals surface area contributed by atoms with Crippen LogP contribution < -0.4 is 5.32 Å². The SMILES string of the molecule is CCCn1c(CNC2CC2C)nc2ccccc21. The smallest absolute Gasteiger partial charge is 0.123 e. The Labute approximate surface area is 108 Å². The van der Waals surface area contributed by atoms with Gasteiger partial charge in [-0.2, -0.15) is 0 Å². The first-order valence-corrected chi connectivity index (χ1v) is 6.97. The lowest BCUT2D eigenvalue weighted by Gasteiger charge is -2.08. The van der Waals surface area contributed by atoms with Crippen LogP contribution in [0.25, 0.3) is 11.0 Å². The van der Waals surface area contributed by atoms with Gasteiger partial charge in [0.05, 0.1) is 17.6 Å². The standard InChI is InChI=1S/C15H21N3/c1-3-8-18-14-7-5-4-6-12(14)17-15(18)10-16-13-9-11(13)2/h4-7,11,13,16H,3,8-10H2,1-2H3. The zero-order chi connectivity index (χ0) is 12.5. The van der Waals surface area contributed by atoms with Crippen LogP contribution in [0.2, 0.25) is 0 Å². The first kappa shape index (κ1) is 11.7. The molecule has 0 bridgehead atoms. The van der Waals surface area contributed by atoms with E-state index in [2.05, 4.69) is 48.0 Å². The van der Waals surface area contributed by atoms with E-state index in [0.29, 0.717) is 6.04 Å². The first-order chi connectivity index (χ1) is 8.79. The van der Waals surface area contributed by atoms with Crippen molar-refractivity contribution >= 4 is 11.0 Å². The van der Waals surface area contributed by atoms with Crippen molar-refractivity contribution in [3.05, 3.63) is 30.1 Å². The number of imidazole rings is 1. The lowest BCUT2D eigenvalue weighted by atomic mass is 10.3. The van der Waals surface area contributed by atoms with Crippen LogP contribution in [0.15, 0.2) is 24.3 Å². The average molecular weight is 243 g/mol. The Bertz CT molecular complexity index is 544. The predicted molar refractivity (Wildman–Crippen MR) is 74.4 cm³/mol. The minimum atomic E-state index is 0.708. The number of para-hydroxylation sites is 2. The zero-order valence-corrected chi connectivity index (χ0v) is 11.2. The molecule has 18 heavy (non-hydrogen) atoms. The fraction of sp³-hybridized carbons (Fsp3) is 0.533. The number of aryl methyl sites for hydroxylation is 1. The van der Waals surface area contributed by atoms with E-state index >= 15 is 0 Å². The summed E-state index contributed by atoms with van der Waals surface area (Å²) in [4.78, 5) is 4.76. The van der Waals surface area contributed by atoms with Crippen LogP contribution in [0.3, 0.4) is 0 Å².